The van der Waals surface area contributed by atoms with Crippen molar-refractivity contribution in [3.05, 3.63) is 58.1 Å². The van der Waals surface area contributed by atoms with Crippen LogP contribution < -0.4 is 15.0 Å². The molecule has 4 rings (SSSR count). The summed E-state index contributed by atoms with van der Waals surface area (Å²) in [6.07, 6.45) is -0.794. The van der Waals surface area contributed by atoms with Gasteiger partial charge in [-0.25, -0.2) is 13.6 Å². The Morgan fingerprint density at radius 2 is 1.60 bits per heavy atom. The molecule has 0 atom stereocenters. The minimum Gasteiger partial charge on any atom is -0.489 e. The predicted molar refractivity (Wildman–Crippen MR) is 156 cm³/mol. The molecular formula is C31H37ClF2N4O4. The van der Waals surface area contributed by atoms with Crippen LogP contribution >= 0.6 is 11.6 Å². The molecule has 8 nitrogen and oxygen atoms in total. The van der Waals surface area contributed by atoms with Gasteiger partial charge in [0, 0.05) is 54.8 Å². The largest absolute Gasteiger partial charge is 0.489 e. The van der Waals surface area contributed by atoms with E-state index in [-0.39, 0.29) is 11.1 Å². The lowest BCUT2D eigenvalue weighted by molar-refractivity contribution is -0.164. The van der Waals surface area contributed by atoms with Gasteiger partial charge in [-0.3, -0.25) is 4.79 Å². The normalized spacial score (nSPS) is 21.2. The van der Waals surface area contributed by atoms with E-state index in [0.29, 0.717) is 43.2 Å². The molecule has 1 saturated carbocycles. The van der Waals surface area contributed by atoms with E-state index in [1.165, 1.54) is 0 Å². The first kappa shape index (κ1) is 31.4. The van der Waals surface area contributed by atoms with Crippen LogP contribution in [0.4, 0.5) is 19.3 Å². The molecule has 1 aliphatic heterocycles. The topological polar surface area (TPSA) is 94.9 Å². The monoisotopic (exact) mass is 602 g/mol. The van der Waals surface area contributed by atoms with Gasteiger partial charge in [-0.15, -0.1) is 0 Å². The van der Waals surface area contributed by atoms with Crippen LogP contribution in [0.15, 0.2) is 30.3 Å². The number of hydrogen-bond acceptors (Lipinski definition) is 6. The zero-order valence-corrected chi connectivity index (χ0v) is 25.7. The van der Waals surface area contributed by atoms with Crippen LogP contribution in [-0.4, -0.2) is 60.8 Å². The average molecular weight is 603 g/mol. The number of nitrogens with zero attached hydrogens (tertiary/aromatic N) is 3. The Kier molecular flexibility index (Phi) is 8.40. The molecule has 2 amide bonds. The predicted octanol–water partition coefficient (Wildman–Crippen LogP) is 6.16. The summed E-state index contributed by atoms with van der Waals surface area (Å²) in [5.74, 6) is -2.30. The number of halogens is 3. The van der Waals surface area contributed by atoms with Gasteiger partial charge in [0.1, 0.15) is 40.7 Å². The lowest BCUT2D eigenvalue weighted by Gasteiger charge is -2.63. The lowest BCUT2D eigenvalue weighted by atomic mass is 9.49. The standard InChI is InChI=1S/C31H37ClF2N4O4/c1-29(2,3)42-28(40)38-12-10-37(11-13-38)19-14-22(33)24(23(34)15-19)25(39)36-26-30(4,5)27(31(26,6)7)41-20-9-8-18(17-35)21(32)16-20/h8-9,14-16,26-27H,10-13H2,1-7H3,(H,36,39). The fourth-order valence-electron chi connectivity index (χ4n) is 6.23. The van der Waals surface area contributed by atoms with E-state index in [1.54, 1.807) is 48.8 Å². The number of nitrogens with one attached hydrogen (secondary N) is 1. The molecule has 0 radical (unpaired) electrons. The van der Waals surface area contributed by atoms with Crippen molar-refractivity contribution in [2.24, 2.45) is 10.8 Å². The molecule has 2 aliphatic rings. The van der Waals surface area contributed by atoms with Crippen molar-refractivity contribution in [1.29, 1.82) is 5.26 Å². The molecule has 0 aromatic heterocycles. The SMILES string of the molecule is CC(C)(C)OC(=O)N1CCN(c2cc(F)c(C(=O)NC3C(C)(C)C(Oc4ccc(C#N)c(Cl)c4)C3(C)C)c(F)c2)CC1. The third kappa shape index (κ3) is 6.12. The maximum atomic E-state index is 15.3. The molecule has 0 unspecified atom stereocenters. The van der Waals surface area contributed by atoms with E-state index in [1.807, 2.05) is 33.8 Å². The Hall–Kier alpha value is -3.58. The fourth-order valence-corrected chi connectivity index (χ4v) is 6.44. The molecule has 2 aromatic carbocycles. The molecule has 2 fully saturated rings. The Balaban J connectivity index is 1.43. The Morgan fingerprint density at radius 3 is 2.10 bits per heavy atom. The first-order valence-electron chi connectivity index (χ1n) is 13.8. The zero-order chi connectivity index (χ0) is 31.2. The summed E-state index contributed by atoms with van der Waals surface area (Å²) in [6.45, 7) is 14.4. The van der Waals surface area contributed by atoms with Crippen molar-refractivity contribution < 1.29 is 27.8 Å². The maximum Gasteiger partial charge on any atom is 0.410 e. The van der Waals surface area contributed by atoms with Crippen molar-refractivity contribution in [1.82, 2.24) is 10.2 Å². The van der Waals surface area contributed by atoms with Gasteiger partial charge in [0.2, 0.25) is 0 Å². The highest BCUT2D eigenvalue weighted by Crippen LogP contribution is 2.55. The van der Waals surface area contributed by atoms with Crippen LogP contribution in [-0.2, 0) is 4.74 Å². The van der Waals surface area contributed by atoms with Crippen LogP contribution in [0.25, 0.3) is 0 Å². The van der Waals surface area contributed by atoms with Crippen LogP contribution in [0.2, 0.25) is 5.02 Å². The summed E-state index contributed by atoms with van der Waals surface area (Å²) in [7, 11) is 0. The van der Waals surface area contributed by atoms with Crippen molar-refractivity contribution in [2.75, 3.05) is 31.1 Å². The Morgan fingerprint density at radius 1 is 1.02 bits per heavy atom. The van der Waals surface area contributed by atoms with Gasteiger partial charge < -0.3 is 24.6 Å². The van der Waals surface area contributed by atoms with Gasteiger partial charge >= 0.3 is 6.09 Å². The van der Waals surface area contributed by atoms with E-state index in [4.69, 9.17) is 26.3 Å². The average Bonchev–Trinajstić information content (AvgIpc) is 2.89. The van der Waals surface area contributed by atoms with E-state index in [2.05, 4.69) is 5.32 Å². The van der Waals surface area contributed by atoms with Crippen LogP contribution in [0.5, 0.6) is 5.75 Å². The number of amides is 2. The van der Waals surface area contributed by atoms with E-state index in [9.17, 15) is 9.59 Å². The van der Waals surface area contributed by atoms with E-state index < -0.39 is 51.7 Å². The molecule has 1 saturated heterocycles. The van der Waals surface area contributed by atoms with Crippen LogP contribution in [0.1, 0.15) is 64.4 Å². The second-order valence-corrected chi connectivity index (χ2v) is 13.4. The molecule has 1 N–H and O–H groups in total. The fraction of sp³-hybridized carbons (Fsp3) is 0.516. The maximum absolute atomic E-state index is 15.3. The minimum atomic E-state index is -0.966. The highest BCUT2D eigenvalue weighted by atomic mass is 35.5. The molecule has 1 aliphatic carbocycles. The summed E-state index contributed by atoms with van der Waals surface area (Å²) >= 11 is 6.16. The molecule has 42 heavy (non-hydrogen) atoms. The van der Waals surface area contributed by atoms with Crippen molar-refractivity contribution in [3.8, 4) is 11.8 Å². The third-order valence-electron chi connectivity index (χ3n) is 7.98. The lowest BCUT2D eigenvalue weighted by Crippen LogP contribution is -2.74. The van der Waals surface area contributed by atoms with E-state index >= 15 is 8.78 Å². The number of carbonyl (C=O) groups is 2. The second kappa shape index (κ2) is 11.3. The Labute approximate surface area is 250 Å². The first-order chi connectivity index (χ1) is 19.5. The number of piperazine rings is 1. The molecule has 0 spiro atoms. The molecular weight excluding hydrogens is 566 g/mol. The molecule has 11 heteroatoms. The number of anilines is 1. The van der Waals surface area contributed by atoms with Gasteiger partial charge in [0.15, 0.2) is 0 Å². The molecule has 1 heterocycles. The number of rotatable bonds is 5. The number of carbonyl (C=O) groups excluding carboxylic acids is 2. The third-order valence-corrected chi connectivity index (χ3v) is 8.29. The van der Waals surface area contributed by atoms with Gasteiger partial charge in [0.25, 0.3) is 5.91 Å². The number of hydrogen-bond donors (Lipinski definition) is 1. The minimum absolute atomic E-state index is 0.272. The van der Waals surface area contributed by atoms with E-state index in [0.717, 1.165) is 12.1 Å². The second-order valence-electron chi connectivity index (χ2n) is 13.0. The number of ether oxygens (including phenoxy) is 2. The summed E-state index contributed by atoms with van der Waals surface area (Å²) in [6, 6.07) is 8.65. The van der Waals surface area contributed by atoms with Crippen LogP contribution in [0, 0.1) is 33.8 Å². The quantitative estimate of drug-likeness (QED) is 0.441. The van der Waals surface area contributed by atoms with Crippen molar-refractivity contribution in [3.63, 3.8) is 0 Å². The molecule has 2 aromatic rings. The number of nitriles is 1. The van der Waals surface area contributed by atoms with Gasteiger partial charge in [0.05, 0.1) is 10.6 Å². The highest BCUT2D eigenvalue weighted by molar-refractivity contribution is 6.31. The van der Waals surface area contributed by atoms with Gasteiger partial charge in [-0.2, -0.15) is 5.26 Å². The summed E-state index contributed by atoms with van der Waals surface area (Å²) in [4.78, 5) is 28.9. The molecule has 0 bridgehead atoms. The van der Waals surface area contributed by atoms with Crippen LogP contribution in [0.3, 0.4) is 0 Å². The smallest absolute Gasteiger partial charge is 0.410 e. The number of benzene rings is 2. The zero-order valence-electron chi connectivity index (χ0n) is 25.0. The Bertz CT molecular complexity index is 1390. The van der Waals surface area contributed by atoms with Gasteiger partial charge in [-0.1, -0.05) is 39.3 Å². The van der Waals surface area contributed by atoms with Crippen molar-refractivity contribution >= 4 is 29.3 Å². The summed E-state index contributed by atoms with van der Waals surface area (Å²) in [5, 5.41) is 12.2. The van der Waals surface area contributed by atoms with Gasteiger partial charge in [-0.05, 0) is 45.0 Å². The molecule has 226 valence electrons. The summed E-state index contributed by atoms with van der Waals surface area (Å²) < 4.78 is 42.1. The van der Waals surface area contributed by atoms with Crippen molar-refractivity contribution in [2.45, 2.75) is 66.2 Å². The summed E-state index contributed by atoms with van der Waals surface area (Å²) in [5.41, 5.74) is -1.83. The highest BCUT2D eigenvalue weighted by Gasteiger charge is 2.64. The first-order valence-corrected chi connectivity index (χ1v) is 14.2.